The number of amides is 1. The molecule has 0 spiro atoms. The molecule has 6 nitrogen and oxygen atoms in total. The number of nitrogens with one attached hydrogen (secondary N) is 2. The highest BCUT2D eigenvalue weighted by atomic mass is 32.1. The molecule has 0 radical (unpaired) electrons. The molecule has 1 amide bonds. The van der Waals surface area contributed by atoms with Crippen molar-refractivity contribution in [2.45, 2.75) is 32.2 Å². The zero-order valence-electron chi connectivity index (χ0n) is 14.4. The molecule has 146 valence electrons. The fourth-order valence-corrected chi connectivity index (χ4v) is 4.45. The van der Waals surface area contributed by atoms with Gasteiger partial charge in [-0.3, -0.25) is 9.59 Å². The Morgan fingerprint density at radius 3 is 2.71 bits per heavy atom. The van der Waals surface area contributed by atoms with Crippen molar-refractivity contribution in [3.8, 4) is 5.75 Å². The van der Waals surface area contributed by atoms with E-state index >= 15 is 0 Å². The lowest BCUT2D eigenvalue weighted by molar-refractivity contribution is -0.274. The van der Waals surface area contributed by atoms with Gasteiger partial charge in [-0.15, -0.1) is 24.5 Å². The van der Waals surface area contributed by atoms with E-state index in [0.717, 1.165) is 41.8 Å². The highest BCUT2D eigenvalue weighted by molar-refractivity contribution is 7.18. The summed E-state index contributed by atoms with van der Waals surface area (Å²) in [5.74, 6) is -0.998. The van der Waals surface area contributed by atoms with E-state index in [0.29, 0.717) is 15.8 Å². The van der Waals surface area contributed by atoms with E-state index in [1.807, 2.05) is 0 Å². The van der Waals surface area contributed by atoms with Crippen molar-refractivity contribution in [3.05, 3.63) is 56.4 Å². The van der Waals surface area contributed by atoms with Crippen molar-refractivity contribution in [2.75, 3.05) is 0 Å². The molecule has 1 aliphatic carbocycles. The first kappa shape index (κ1) is 18.5. The van der Waals surface area contributed by atoms with Crippen LogP contribution in [-0.2, 0) is 19.4 Å². The van der Waals surface area contributed by atoms with Crippen LogP contribution in [0.4, 0.5) is 13.2 Å². The first-order chi connectivity index (χ1) is 13.3. The third-order valence-corrected chi connectivity index (χ3v) is 5.59. The molecule has 0 fully saturated rings. The van der Waals surface area contributed by atoms with Gasteiger partial charge < -0.3 is 15.0 Å². The second-order valence-corrected chi connectivity index (χ2v) is 7.41. The molecule has 0 bridgehead atoms. The van der Waals surface area contributed by atoms with Gasteiger partial charge in [-0.25, -0.2) is 4.98 Å². The average molecular weight is 409 g/mol. The van der Waals surface area contributed by atoms with Crippen LogP contribution in [0.2, 0.25) is 0 Å². The summed E-state index contributed by atoms with van der Waals surface area (Å²) in [6.45, 7) is 0.0633. The van der Waals surface area contributed by atoms with Crippen LogP contribution >= 0.6 is 11.3 Å². The Morgan fingerprint density at radius 1 is 1.25 bits per heavy atom. The van der Waals surface area contributed by atoms with E-state index in [-0.39, 0.29) is 23.7 Å². The van der Waals surface area contributed by atoms with E-state index < -0.39 is 12.3 Å². The summed E-state index contributed by atoms with van der Waals surface area (Å²) in [4.78, 5) is 33.2. The molecular formula is C18H14F3N3O3S. The lowest BCUT2D eigenvalue weighted by Crippen LogP contribution is -2.27. The highest BCUT2D eigenvalue weighted by Crippen LogP contribution is 2.34. The van der Waals surface area contributed by atoms with Crippen LogP contribution in [0.25, 0.3) is 10.2 Å². The molecule has 0 unspecified atom stereocenters. The van der Waals surface area contributed by atoms with Crippen molar-refractivity contribution in [3.63, 3.8) is 0 Å². The highest BCUT2D eigenvalue weighted by Gasteiger charge is 2.31. The largest absolute Gasteiger partial charge is 0.573 e. The number of ether oxygens (including phenoxy) is 1. The fourth-order valence-electron chi connectivity index (χ4n) is 3.18. The quantitative estimate of drug-likeness (QED) is 0.693. The number of halogens is 3. The number of aromatic nitrogens is 2. The molecule has 2 N–H and O–H groups in total. The summed E-state index contributed by atoms with van der Waals surface area (Å²) >= 11 is 1.44. The third-order valence-electron chi connectivity index (χ3n) is 4.40. The standard InChI is InChI=1S/C18H14F3N3O3S/c19-18(20,21)27-10-6-4-9(5-7-10)8-22-16(26)14-23-15(25)13-11-2-1-3-12(11)28-17(13)24-14/h4-7H,1-3,8H2,(H,22,26)(H,23,24,25). The van der Waals surface area contributed by atoms with Gasteiger partial charge >= 0.3 is 6.36 Å². The molecule has 28 heavy (non-hydrogen) atoms. The summed E-state index contributed by atoms with van der Waals surface area (Å²) in [5, 5.41) is 3.16. The Hall–Kier alpha value is -2.88. The lowest BCUT2D eigenvalue weighted by Gasteiger charge is -2.09. The zero-order valence-corrected chi connectivity index (χ0v) is 15.2. The molecule has 0 atom stereocenters. The zero-order chi connectivity index (χ0) is 19.9. The monoisotopic (exact) mass is 409 g/mol. The van der Waals surface area contributed by atoms with Gasteiger partial charge in [0, 0.05) is 11.4 Å². The van der Waals surface area contributed by atoms with E-state index in [1.165, 1.54) is 23.5 Å². The number of fused-ring (bicyclic) bond motifs is 3. The van der Waals surface area contributed by atoms with Crippen molar-refractivity contribution in [1.82, 2.24) is 15.3 Å². The number of H-pyrrole nitrogens is 1. The Kier molecular flexibility index (Phi) is 4.58. The van der Waals surface area contributed by atoms with E-state index in [1.54, 1.807) is 0 Å². The summed E-state index contributed by atoms with van der Waals surface area (Å²) < 4.78 is 40.3. The molecule has 0 aliphatic heterocycles. The van der Waals surface area contributed by atoms with Crippen molar-refractivity contribution in [1.29, 1.82) is 0 Å². The van der Waals surface area contributed by atoms with Crippen LogP contribution < -0.4 is 15.6 Å². The summed E-state index contributed by atoms with van der Waals surface area (Å²) in [7, 11) is 0. The topological polar surface area (TPSA) is 84.1 Å². The number of thiophene rings is 1. The van der Waals surface area contributed by atoms with Crippen molar-refractivity contribution < 1.29 is 22.7 Å². The van der Waals surface area contributed by atoms with Crippen molar-refractivity contribution >= 4 is 27.5 Å². The van der Waals surface area contributed by atoms with Gasteiger partial charge in [0.05, 0.1) is 5.39 Å². The number of nitrogens with zero attached hydrogens (tertiary/aromatic N) is 1. The normalized spacial score (nSPS) is 13.5. The number of carbonyl (C=O) groups is 1. The second-order valence-electron chi connectivity index (χ2n) is 6.33. The first-order valence-electron chi connectivity index (χ1n) is 8.47. The second kappa shape index (κ2) is 6.93. The van der Waals surface area contributed by atoms with Gasteiger partial charge in [0.25, 0.3) is 11.5 Å². The molecule has 10 heteroatoms. The maximum Gasteiger partial charge on any atom is 0.573 e. The lowest BCUT2D eigenvalue weighted by atomic mass is 10.2. The maximum absolute atomic E-state index is 12.4. The van der Waals surface area contributed by atoms with E-state index in [2.05, 4.69) is 20.0 Å². The predicted octanol–water partition coefficient (Wildman–Crippen LogP) is 3.30. The Morgan fingerprint density at radius 2 is 2.00 bits per heavy atom. The summed E-state index contributed by atoms with van der Waals surface area (Å²) in [6.07, 6.45) is -1.97. The van der Waals surface area contributed by atoms with Gasteiger partial charge in [0.2, 0.25) is 5.82 Å². The summed E-state index contributed by atoms with van der Waals surface area (Å²) in [6, 6.07) is 5.14. The molecule has 0 saturated carbocycles. The molecule has 0 saturated heterocycles. The number of benzene rings is 1. The number of hydrogen-bond acceptors (Lipinski definition) is 5. The van der Waals surface area contributed by atoms with Crippen LogP contribution in [0, 0.1) is 0 Å². The SMILES string of the molecule is O=C(NCc1ccc(OC(F)(F)F)cc1)c1nc2sc3c(c2c(=O)[nH]1)CCC3. The minimum atomic E-state index is -4.76. The Labute approximate surface area is 160 Å². The van der Waals surface area contributed by atoms with Gasteiger partial charge in [-0.05, 0) is 42.5 Å². The maximum atomic E-state index is 12.4. The molecule has 2 aromatic heterocycles. The summed E-state index contributed by atoms with van der Waals surface area (Å²) in [5.41, 5.74) is 1.27. The van der Waals surface area contributed by atoms with Gasteiger partial charge in [-0.1, -0.05) is 12.1 Å². The van der Waals surface area contributed by atoms with Crippen LogP contribution in [0.5, 0.6) is 5.75 Å². The fraction of sp³-hybridized carbons (Fsp3) is 0.278. The number of carbonyl (C=O) groups excluding carboxylic acids is 1. The third kappa shape index (κ3) is 3.72. The smallest absolute Gasteiger partial charge is 0.406 e. The van der Waals surface area contributed by atoms with Gasteiger partial charge in [0.1, 0.15) is 10.6 Å². The number of aryl methyl sites for hydroxylation is 2. The average Bonchev–Trinajstić information content (AvgIpc) is 3.20. The predicted molar refractivity (Wildman–Crippen MR) is 96.6 cm³/mol. The van der Waals surface area contributed by atoms with Gasteiger partial charge in [-0.2, -0.15) is 0 Å². The molecule has 3 aromatic rings. The number of rotatable bonds is 4. The number of alkyl halides is 3. The van der Waals surface area contributed by atoms with E-state index in [4.69, 9.17) is 0 Å². The van der Waals surface area contributed by atoms with Crippen molar-refractivity contribution in [2.24, 2.45) is 0 Å². The number of hydrogen-bond donors (Lipinski definition) is 2. The van der Waals surface area contributed by atoms with Crippen LogP contribution in [0.3, 0.4) is 0 Å². The molecule has 1 aliphatic rings. The molecular weight excluding hydrogens is 395 g/mol. The minimum absolute atomic E-state index is 0.0633. The minimum Gasteiger partial charge on any atom is -0.406 e. The first-order valence-corrected chi connectivity index (χ1v) is 9.29. The van der Waals surface area contributed by atoms with Crippen LogP contribution in [0.15, 0.2) is 29.1 Å². The molecule has 1 aromatic carbocycles. The molecule has 4 rings (SSSR count). The van der Waals surface area contributed by atoms with Gasteiger partial charge in [0.15, 0.2) is 0 Å². The van der Waals surface area contributed by atoms with E-state index in [9.17, 15) is 22.8 Å². The van der Waals surface area contributed by atoms with Crippen LogP contribution in [0.1, 0.15) is 33.0 Å². The number of aromatic amines is 1. The Balaban J connectivity index is 1.46. The molecule has 2 heterocycles. The van der Waals surface area contributed by atoms with Crippen LogP contribution in [-0.4, -0.2) is 22.2 Å². The Bertz CT molecular complexity index is 1100.